The summed E-state index contributed by atoms with van der Waals surface area (Å²) in [6, 6.07) is 18.3. The quantitative estimate of drug-likeness (QED) is 0.323. The van der Waals surface area contributed by atoms with Gasteiger partial charge in [-0.15, -0.1) is 0 Å². The van der Waals surface area contributed by atoms with Crippen LogP contribution in [0.2, 0.25) is 0 Å². The van der Waals surface area contributed by atoms with Crippen LogP contribution in [-0.2, 0) is 0 Å². The number of fused-ring (bicyclic) bond motifs is 2. The molecule has 1 saturated carbocycles. The van der Waals surface area contributed by atoms with Gasteiger partial charge in [-0.3, -0.25) is 0 Å². The highest BCUT2D eigenvalue weighted by Gasteiger charge is 2.56. The minimum absolute atomic E-state index is 0.203. The van der Waals surface area contributed by atoms with Crippen molar-refractivity contribution in [1.82, 2.24) is 32.4 Å². The maximum absolute atomic E-state index is 5.97. The van der Waals surface area contributed by atoms with Crippen molar-refractivity contribution < 1.29 is 9.47 Å². The Morgan fingerprint density at radius 2 is 1.03 bits per heavy atom. The molecule has 3 fully saturated rings. The minimum atomic E-state index is 0.203. The second kappa shape index (κ2) is 11.9. The van der Waals surface area contributed by atoms with Crippen molar-refractivity contribution in [3.8, 4) is 11.5 Å². The van der Waals surface area contributed by atoms with Gasteiger partial charge in [0, 0.05) is 42.5 Å². The normalized spacial score (nSPS) is 29.2. The van der Waals surface area contributed by atoms with E-state index < -0.39 is 0 Å². The van der Waals surface area contributed by atoms with Crippen LogP contribution in [0.3, 0.4) is 0 Å². The van der Waals surface area contributed by atoms with E-state index in [0.717, 1.165) is 31.3 Å². The van der Waals surface area contributed by atoms with Crippen LogP contribution in [0.4, 0.5) is 0 Å². The number of hydrogen-bond acceptors (Lipinski definition) is 8. The summed E-state index contributed by atoms with van der Waals surface area (Å²) in [7, 11) is 0. The average Bonchev–Trinajstić information content (AvgIpc) is 3.52. The highest BCUT2D eigenvalue weighted by atomic mass is 16.5. The molecule has 0 spiro atoms. The molecule has 2 saturated heterocycles. The Labute approximate surface area is 228 Å². The fraction of sp³-hybridized carbons (Fsp3) is 0.600. The van der Waals surface area contributed by atoms with Crippen LogP contribution in [-0.4, -0.2) is 49.0 Å². The van der Waals surface area contributed by atoms with Crippen LogP contribution in [0.1, 0.15) is 64.5 Å². The van der Waals surface area contributed by atoms with Gasteiger partial charge in [0.15, 0.2) is 0 Å². The molecule has 0 amide bonds. The topological polar surface area (TPSA) is 81.8 Å². The Morgan fingerprint density at radius 1 is 0.605 bits per heavy atom. The smallest absolute Gasteiger partial charge is 0.119 e. The van der Waals surface area contributed by atoms with E-state index in [0.29, 0.717) is 17.8 Å². The first-order chi connectivity index (χ1) is 18.3. The van der Waals surface area contributed by atoms with Crippen molar-refractivity contribution in [3.63, 3.8) is 0 Å². The molecule has 2 aliphatic heterocycles. The van der Waals surface area contributed by atoms with Crippen LogP contribution in [0.5, 0.6) is 11.5 Å². The Bertz CT molecular complexity index is 951. The van der Waals surface area contributed by atoms with Crippen molar-refractivity contribution in [3.05, 3.63) is 59.7 Å². The largest absolute Gasteiger partial charge is 0.493 e. The molecule has 1 aliphatic carbocycles. The lowest BCUT2D eigenvalue weighted by atomic mass is 9.65. The van der Waals surface area contributed by atoms with E-state index in [1.54, 1.807) is 0 Å². The lowest BCUT2D eigenvalue weighted by molar-refractivity contribution is 0.142. The fourth-order valence-corrected chi connectivity index (χ4v) is 6.02. The van der Waals surface area contributed by atoms with Crippen molar-refractivity contribution in [2.45, 2.75) is 77.5 Å². The van der Waals surface area contributed by atoms with E-state index in [4.69, 9.17) is 9.47 Å². The number of hydrazine groups is 4. The first-order valence-electron chi connectivity index (χ1n) is 14.3. The van der Waals surface area contributed by atoms with Crippen LogP contribution in [0, 0.1) is 17.8 Å². The van der Waals surface area contributed by atoms with E-state index in [1.807, 2.05) is 0 Å². The predicted octanol–water partition coefficient (Wildman–Crippen LogP) is 3.70. The number of nitrogens with zero attached hydrogens (tertiary/aromatic N) is 1. The Kier molecular flexibility index (Phi) is 8.57. The third-order valence-electron chi connectivity index (χ3n) is 7.65. The summed E-state index contributed by atoms with van der Waals surface area (Å²) < 4.78 is 11.9. The summed E-state index contributed by atoms with van der Waals surface area (Å²) in [4.78, 5) is 0. The molecule has 2 heterocycles. The van der Waals surface area contributed by atoms with E-state index in [1.165, 1.54) is 11.1 Å². The molecule has 0 radical (unpaired) electrons. The molecular formula is C30H46N6O2. The van der Waals surface area contributed by atoms with Crippen LogP contribution < -0.4 is 36.7 Å². The molecule has 208 valence electrons. The van der Waals surface area contributed by atoms with Crippen LogP contribution in [0.25, 0.3) is 0 Å². The standard InChI is InChI=1S/C30H46N6O2/c1-18(2)15-36-33-29-25(21-7-11-23(12-8-21)37-16-19(3)4)27-28(32-35-31-27)26(30(29)34-36)22-9-13-24(14-10-22)38-17-20(5)6/h7-14,18-20,25-35H,15-17H2,1-6H3. The van der Waals surface area contributed by atoms with Crippen molar-refractivity contribution >= 4 is 0 Å². The second-order valence-corrected chi connectivity index (χ2v) is 12.4. The Balaban J connectivity index is 1.43. The summed E-state index contributed by atoms with van der Waals surface area (Å²) in [6.07, 6.45) is 0. The molecule has 0 aromatic heterocycles. The SMILES string of the molecule is CC(C)COc1ccc(C2C3NNNC3C(c3ccc(OCC(C)C)cc3)C3NN(CC(C)C)NC32)cc1. The average molecular weight is 523 g/mol. The number of nitrogens with one attached hydrogen (secondary N) is 5. The Hall–Kier alpha value is -2.20. The zero-order valence-electron chi connectivity index (χ0n) is 23.7. The summed E-state index contributed by atoms with van der Waals surface area (Å²) in [5.74, 6) is 3.91. The van der Waals surface area contributed by atoms with Crippen LogP contribution in [0.15, 0.2) is 48.5 Å². The zero-order valence-corrected chi connectivity index (χ0v) is 23.7. The Morgan fingerprint density at radius 3 is 1.39 bits per heavy atom. The van der Waals surface area contributed by atoms with Gasteiger partial charge in [0.1, 0.15) is 11.5 Å². The highest BCUT2D eigenvalue weighted by molar-refractivity contribution is 5.39. The highest BCUT2D eigenvalue weighted by Crippen LogP contribution is 2.44. The van der Waals surface area contributed by atoms with Gasteiger partial charge < -0.3 is 9.47 Å². The van der Waals surface area contributed by atoms with Gasteiger partial charge in [0.05, 0.1) is 13.2 Å². The molecule has 5 rings (SSSR count). The van der Waals surface area contributed by atoms with Gasteiger partial charge in [0.2, 0.25) is 0 Å². The molecule has 2 aromatic rings. The maximum Gasteiger partial charge on any atom is 0.119 e. The fourth-order valence-electron chi connectivity index (χ4n) is 6.02. The summed E-state index contributed by atoms with van der Waals surface area (Å²) in [5, 5.41) is 2.22. The molecule has 6 unspecified atom stereocenters. The molecule has 8 heteroatoms. The molecular weight excluding hydrogens is 476 g/mol. The van der Waals surface area contributed by atoms with E-state index in [9.17, 15) is 0 Å². The summed E-state index contributed by atoms with van der Waals surface area (Å²) in [5.41, 5.74) is 20.7. The van der Waals surface area contributed by atoms with Gasteiger partial charge in [-0.25, -0.2) is 21.7 Å². The minimum Gasteiger partial charge on any atom is -0.493 e. The van der Waals surface area contributed by atoms with Crippen molar-refractivity contribution in [1.29, 1.82) is 0 Å². The maximum atomic E-state index is 5.97. The lowest BCUT2D eigenvalue weighted by Crippen LogP contribution is -2.61. The van der Waals surface area contributed by atoms with E-state index in [2.05, 4.69) is 122 Å². The summed E-state index contributed by atoms with van der Waals surface area (Å²) in [6.45, 7) is 15.6. The number of hydrogen-bond donors (Lipinski definition) is 5. The molecule has 3 aliphatic rings. The number of benzene rings is 2. The predicted molar refractivity (Wildman–Crippen MR) is 151 cm³/mol. The van der Waals surface area contributed by atoms with Crippen molar-refractivity contribution in [2.24, 2.45) is 17.8 Å². The number of ether oxygens (including phenoxy) is 2. The number of rotatable bonds is 10. The van der Waals surface area contributed by atoms with E-state index in [-0.39, 0.29) is 36.0 Å². The van der Waals surface area contributed by atoms with E-state index >= 15 is 0 Å². The van der Waals surface area contributed by atoms with Gasteiger partial charge >= 0.3 is 0 Å². The molecule has 38 heavy (non-hydrogen) atoms. The molecule has 6 atom stereocenters. The summed E-state index contributed by atoms with van der Waals surface area (Å²) >= 11 is 0. The first kappa shape index (κ1) is 27.4. The molecule has 2 aromatic carbocycles. The van der Waals surface area contributed by atoms with Crippen molar-refractivity contribution in [2.75, 3.05) is 19.8 Å². The zero-order chi connectivity index (χ0) is 26.8. The monoisotopic (exact) mass is 522 g/mol. The third kappa shape index (κ3) is 6.01. The first-order valence-corrected chi connectivity index (χ1v) is 14.3. The second-order valence-electron chi connectivity index (χ2n) is 12.4. The molecule has 8 nitrogen and oxygen atoms in total. The van der Waals surface area contributed by atoms with Gasteiger partial charge in [-0.2, -0.15) is 10.7 Å². The molecule has 0 bridgehead atoms. The third-order valence-corrected chi connectivity index (χ3v) is 7.65. The van der Waals surface area contributed by atoms with Gasteiger partial charge in [0.25, 0.3) is 0 Å². The van der Waals surface area contributed by atoms with Gasteiger partial charge in [-0.1, -0.05) is 65.8 Å². The van der Waals surface area contributed by atoms with Gasteiger partial charge in [-0.05, 0) is 53.1 Å². The lowest BCUT2D eigenvalue weighted by Gasteiger charge is -2.45. The van der Waals surface area contributed by atoms with Crippen LogP contribution >= 0.6 is 0 Å². The molecule has 5 N–H and O–H groups in total.